The first-order valence-electron chi connectivity index (χ1n) is 18.0. The Hall–Kier alpha value is -3.74. The number of amides is 3. The van der Waals surface area contributed by atoms with E-state index in [1.165, 1.54) is 19.9 Å². The summed E-state index contributed by atoms with van der Waals surface area (Å²) in [5, 5.41) is 21.4. The van der Waals surface area contributed by atoms with Crippen LogP contribution in [-0.4, -0.2) is 90.0 Å². The van der Waals surface area contributed by atoms with E-state index in [-0.39, 0.29) is 24.6 Å². The minimum Gasteiger partial charge on any atom is -0.451 e. The molecule has 3 amide bonds. The fourth-order valence-electron chi connectivity index (χ4n) is 7.48. The number of hydrogen-bond acceptors (Lipinski definition) is 8. The van der Waals surface area contributed by atoms with Crippen molar-refractivity contribution in [1.82, 2.24) is 20.9 Å². The van der Waals surface area contributed by atoms with E-state index in [1.807, 2.05) is 51.1 Å². The maximum absolute atomic E-state index is 14.3. The Labute approximate surface area is 301 Å². The lowest BCUT2D eigenvalue weighted by molar-refractivity contribution is -0.133. The third kappa shape index (κ3) is 9.39. The summed E-state index contributed by atoms with van der Waals surface area (Å²) in [6.07, 6.45) is 5.28. The monoisotopic (exact) mass is 722 g/mol. The van der Waals surface area contributed by atoms with Crippen LogP contribution in [0.4, 0.5) is 0 Å². The predicted octanol–water partition coefficient (Wildman–Crippen LogP) is 4.24. The molecule has 2 fully saturated rings. The fourth-order valence-corrected chi connectivity index (χ4v) is 8.07. The highest BCUT2D eigenvalue weighted by molar-refractivity contribution is 7.92. The van der Waals surface area contributed by atoms with Crippen molar-refractivity contribution >= 4 is 38.5 Å². The highest BCUT2D eigenvalue weighted by Crippen LogP contribution is 2.39. The smallest absolute Gasteiger partial charge is 0.287 e. The van der Waals surface area contributed by atoms with E-state index in [9.17, 15) is 27.9 Å². The number of nitrogens with one attached hydrogen (secondary N) is 3. The van der Waals surface area contributed by atoms with Crippen molar-refractivity contribution in [2.24, 2.45) is 11.8 Å². The number of aliphatic hydroxyl groups is 1. The van der Waals surface area contributed by atoms with E-state index in [2.05, 4.69) is 20.9 Å². The summed E-state index contributed by atoms with van der Waals surface area (Å²) < 4.78 is 30.2. The standard InChI is InChI=1S/C39H54N4O7S/c1-38(2,3)42-35(45)30-21-26-16-10-11-18-28(26)23-43(30)24-31(44)29(20-25-14-8-7-9-15-25)40-37(47)34(39(4,5)51(6,48)49)41-36(46)33-22-27-17-12-13-19-32(27)50-33/h7-9,12-15,17,19,22,26,28-31,34,44H,10-11,16,18,20-21,23-24H2,1-6H3,(H,40,47)(H,41,46)(H,42,45). The van der Waals surface area contributed by atoms with Crippen molar-refractivity contribution in [3.05, 3.63) is 72.0 Å². The van der Waals surface area contributed by atoms with E-state index in [4.69, 9.17) is 4.42 Å². The van der Waals surface area contributed by atoms with Gasteiger partial charge in [-0.25, -0.2) is 8.42 Å². The second kappa shape index (κ2) is 15.5. The normalized spacial score (nSPS) is 22.0. The summed E-state index contributed by atoms with van der Waals surface area (Å²) in [5.74, 6) is -0.790. The van der Waals surface area contributed by atoms with E-state index < -0.39 is 56.2 Å². The number of rotatable bonds is 12. The largest absolute Gasteiger partial charge is 0.451 e. The number of nitrogens with zero attached hydrogens (tertiary/aromatic N) is 1. The average Bonchev–Trinajstić information content (AvgIpc) is 3.50. The first-order valence-corrected chi connectivity index (χ1v) is 19.9. The van der Waals surface area contributed by atoms with Gasteiger partial charge in [0.1, 0.15) is 11.6 Å². The number of sulfone groups is 1. The van der Waals surface area contributed by atoms with E-state index >= 15 is 0 Å². The van der Waals surface area contributed by atoms with Crippen molar-refractivity contribution in [1.29, 1.82) is 0 Å². The average molecular weight is 723 g/mol. The number of carbonyl (C=O) groups is 3. The molecule has 278 valence electrons. The lowest BCUT2D eigenvalue weighted by Gasteiger charge is -2.47. The summed E-state index contributed by atoms with van der Waals surface area (Å²) in [6, 6.07) is 15.1. The number of aliphatic hydroxyl groups excluding tert-OH is 1. The van der Waals surface area contributed by atoms with Crippen LogP contribution in [-0.2, 0) is 25.8 Å². The van der Waals surface area contributed by atoms with Gasteiger partial charge in [-0.2, -0.15) is 0 Å². The van der Waals surface area contributed by atoms with Crippen molar-refractivity contribution in [2.45, 2.75) is 108 Å². The van der Waals surface area contributed by atoms with Gasteiger partial charge >= 0.3 is 0 Å². The lowest BCUT2D eigenvalue weighted by atomic mass is 9.72. The summed E-state index contributed by atoms with van der Waals surface area (Å²) in [4.78, 5) is 43.5. The fraction of sp³-hybridized carbons (Fsp3) is 0.564. The van der Waals surface area contributed by atoms with Crippen molar-refractivity contribution in [3.63, 3.8) is 0 Å². The third-order valence-electron chi connectivity index (χ3n) is 10.7. The van der Waals surface area contributed by atoms with Crippen LogP contribution in [0.25, 0.3) is 11.0 Å². The van der Waals surface area contributed by atoms with Crippen molar-refractivity contribution < 1.29 is 32.3 Å². The molecule has 3 aromatic rings. The second-order valence-corrected chi connectivity index (χ2v) is 18.6. The van der Waals surface area contributed by atoms with Crippen molar-refractivity contribution in [3.8, 4) is 0 Å². The molecule has 12 heteroatoms. The molecule has 0 radical (unpaired) electrons. The zero-order valence-corrected chi connectivity index (χ0v) is 31.5. The van der Waals surface area contributed by atoms with Crippen LogP contribution in [0.2, 0.25) is 0 Å². The van der Waals surface area contributed by atoms with Crippen molar-refractivity contribution in [2.75, 3.05) is 19.3 Å². The minimum absolute atomic E-state index is 0.0649. The number of hydrogen-bond donors (Lipinski definition) is 4. The molecule has 0 bridgehead atoms. The molecular weight excluding hydrogens is 669 g/mol. The van der Waals surface area contributed by atoms with E-state index in [0.717, 1.165) is 37.5 Å². The quantitative estimate of drug-likeness (QED) is 0.216. The molecule has 6 unspecified atom stereocenters. The Morgan fingerprint density at radius 3 is 2.24 bits per heavy atom. The highest BCUT2D eigenvalue weighted by atomic mass is 32.2. The molecule has 1 aliphatic heterocycles. The molecule has 1 saturated carbocycles. The van der Waals surface area contributed by atoms with Gasteiger partial charge in [-0.05, 0) is 83.4 Å². The van der Waals surface area contributed by atoms with Crippen LogP contribution in [0.3, 0.4) is 0 Å². The van der Waals surface area contributed by atoms with Crippen LogP contribution in [0, 0.1) is 11.8 Å². The Bertz CT molecular complexity index is 1770. The second-order valence-electron chi connectivity index (χ2n) is 16.1. The number of para-hydroxylation sites is 1. The first-order chi connectivity index (χ1) is 23.9. The van der Waals surface area contributed by atoms with Crippen LogP contribution in [0.1, 0.15) is 82.8 Å². The zero-order chi connectivity index (χ0) is 37.1. The molecule has 1 saturated heterocycles. The van der Waals surface area contributed by atoms with Gasteiger partial charge in [-0.3, -0.25) is 19.3 Å². The lowest BCUT2D eigenvalue weighted by Crippen LogP contribution is -2.64. The third-order valence-corrected chi connectivity index (χ3v) is 12.8. The predicted molar refractivity (Wildman–Crippen MR) is 198 cm³/mol. The molecule has 0 spiro atoms. The summed E-state index contributed by atoms with van der Waals surface area (Å²) in [6.45, 7) is 9.40. The molecule has 2 aliphatic rings. The molecular formula is C39H54N4O7S. The summed E-state index contributed by atoms with van der Waals surface area (Å²) in [5.41, 5.74) is 0.895. The van der Waals surface area contributed by atoms with Gasteiger partial charge in [0.25, 0.3) is 5.91 Å². The van der Waals surface area contributed by atoms with Crippen LogP contribution >= 0.6 is 0 Å². The molecule has 2 heterocycles. The Kier molecular flexibility index (Phi) is 11.7. The number of furan rings is 1. The van der Waals surface area contributed by atoms with E-state index in [0.29, 0.717) is 35.8 Å². The van der Waals surface area contributed by atoms with Gasteiger partial charge in [0.2, 0.25) is 11.8 Å². The maximum Gasteiger partial charge on any atom is 0.287 e. The minimum atomic E-state index is -3.90. The summed E-state index contributed by atoms with van der Waals surface area (Å²) in [7, 11) is -3.90. The molecule has 1 aromatic heterocycles. The zero-order valence-electron chi connectivity index (χ0n) is 30.6. The van der Waals surface area contributed by atoms with Gasteiger partial charge in [0.05, 0.1) is 22.9 Å². The van der Waals surface area contributed by atoms with Gasteiger partial charge in [-0.15, -0.1) is 0 Å². The van der Waals surface area contributed by atoms with Gasteiger partial charge < -0.3 is 25.5 Å². The number of likely N-dealkylation sites (tertiary alicyclic amines) is 1. The number of β-amino-alcohol motifs (C(OH)–C–C–N with tert-alkyl or cyclic N) is 1. The van der Waals surface area contributed by atoms with Gasteiger partial charge in [0.15, 0.2) is 15.6 Å². The van der Waals surface area contributed by atoms with Crippen LogP contribution in [0.15, 0.2) is 65.1 Å². The number of fused-ring (bicyclic) bond motifs is 2. The topological polar surface area (TPSA) is 158 Å². The number of piperidine rings is 1. The number of carbonyl (C=O) groups excluding carboxylic acids is 3. The van der Waals surface area contributed by atoms with Crippen LogP contribution < -0.4 is 16.0 Å². The molecule has 51 heavy (non-hydrogen) atoms. The SMILES string of the molecule is CC(C)(C)NC(=O)C1CC2CCCCC2CN1CC(O)C(Cc1ccccc1)NC(=O)C(NC(=O)c1cc2ccccc2o1)C(C)(C)S(C)(=O)=O. The van der Waals surface area contributed by atoms with Crippen LogP contribution in [0.5, 0.6) is 0 Å². The maximum atomic E-state index is 14.3. The summed E-state index contributed by atoms with van der Waals surface area (Å²) >= 11 is 0. The molecule has 4 N–H and O–H groups in total. The Balaban J connectivity index is 1.42. The molecule has 2 aromatic carbocycles. The van der Waals surface area contributed by atoms with Gasteiger partial charge in [-0.1, -0.05) is 67.8 Å². The molecule has 5 rings (SSSR count). The molecule has 6 atom stereocenters. The number of benzene rings is 2. The van der Waals surface area contributed by atoms with Gasteiger partial charge in [0, 0.05) is 30.3 Å². The first kappa shape index (κ1) is 38.5. The highest BCUT2D eigenvalue weighted by Gasteiger charge is 2.46. The Morgan fingerprint density at radius 1 is 0.941 bits per heavy atom. The molecule has 1 aliphatic carbocycles. The van der Waals surface area contributed by atoms with E-state index in [1.54, 1.807) is 24.3 Å². The molecule has 11 nitrogen and oxygen atoms in total. The Morgan fingerprint density at radius 2 is 1.59 bits per heavy atom.